The van der Waals surface area contributed by atoms with Gasteiger partial charge in [-0.3, -0.25) is 4.79 Å². The molecule has 6 aliphatic carbocycles. The van der Waals surface area contributed by atoms with Gasteiger partial charge in [0, 0.05) is 110 Å². The first-order valence-corrected chi connectivity index (χ1v) is 23.4. The van der Waals surface area contributed by atoms with Crippen molar-refractivity contribution in [2.24, 2.45) is 23.7 Å². The second kappa shape index (κ2) is 20.5. The Labute approximate surface area is 397 Å². The van der Waals surface area contributed by atoms with Crippen LogP contribution in [-0.2, 0) is 53.8 Å². The Morgan fingerprint density at radius 1 is 0.758 bits per heavy atom. The molecule has 1 heterocycles. The van der Waals surface area contributed by atoms with Gasteiger partial charge in [0.2, 0.25) is 0 Å². The lowest BCUT2D eigenvalue weighted by atomic mass is 8.58. The van der Waals surface area contributed by atoms with Crippen molar-refractivity contribution < 1.29 is 56.7 Å². The standard InChI is InChI=1S/C25H30F2O10.C18H15S.B10/c1-22(26,27)21(31)33-7-17(29)37-25-6-12-4-23(32,10-25)9-24(5-12,11-25)34-8-16(28)35-18-13-2-14-15(3-13)20(30)36-19(14)18;1-4-10-16(11-5-1)19(17-12-6-2-7-13-17)18-14-8-3-9-15-18;1-7(2)10(8(3)4)9(5)6/h12-15,18-19,32H,2-11H2,1H3;1-15H;/q;+1;. The first kappa shape index (κ1) is 50.2. The van der Waals surface area contributed by atoms with Gasteiger partial charge in [0.15, 0.2) is 21.3 Å². The van der Waals surface area contributed by atoms with E-state index in [1.807, 2.05) is 0 Å². The number of carbonyl (C=O) groups excluding carboxylic acids is 4. The minimum Gasteiger partial charge on any atom is -0.458 e. The summed E-state index contributed by atoms with van der Waals surface area (Å²) in [6.07, 6.45) is 0.284. The van der Waals surface area contributed by atoms with Crippen LogP contribution in [0.3, 0.4) is 0 Å². The van der Waals surface area contributed by atoms with Crippen LogP contribution in [0, 0.1) is 23.7 Å². The average molecular weight is 900 g/mol. The van der Waals surface area contributed by atoms with Gasteiger partial charge >= 0.3 is 29.8 Å². The lowest BCUT2D eigenvalue weighted by molar-refractivity contribution is -0.275. The van der Waals surface area contributed by atoms with Crippen LogP contribution in [0.4, 0.5) is 8.78 Å². The van der Waals surface area contributed by atoms with E-state index in [1.165, 1.54) is 14.7 Å². The third-order valence-corrected chi connectivity index (χ3v) is 15.6. The molecule has 9 unspecified atom stereocenters. The zero-order valence-electron chi connectivity index (χ0n) is 36.8. The number of benzene rings is 3. The molecule has 23 heteroatoms. The lowest BCUT2D eigenvalue weighted by Crippen LogP contribution is -2.68. The van der Waals surface area contributed by atoms with E-state index in [2.05, 4.69) is 95.7 Å². The topological polar surface area (TPSA) is 135 Å². The zero-order chi connectivity index (χ0) is 47.6. The van der Waals surface area contributed by atoms with Crippen molar-refractivity contribution in [2.45, 2.75) is 108 Å². The lowest BCUT2D eigenvalue weighted by Gasteiger charge is -2.63. The molecule has 6 bridgehead atoms. The number of hydrogen-bond acceptors (Lipinski definition) is 10. The fraction of sp³-hybridized carbons (Fsp3) is 0.488. The van der Waals surface area contributed by atoms with Gasteiger partial charge in [-0.25, -0.2) is 14.4 Å². The molecule has 0 spiro atoms. The van der Waals surface area contributed by atoms with Crippen LogP contribution in [-0.4, -0.2) is 149 Å². The highest BCUT2D eigenvalue weighted by Gasteiger charge is 2.66. The molecule has 0 aromatic heterocycles. The second-order valence-corrected chi connectivity index (χ2v) is 20.8. The Balaban J connectivity index is 0.000000185. The molecule has 7 aliphatic rings. The van der Waals surface area contributed by atoms with Crippen molar-refractivity contribution in [1.82, 2.24) is 0 Å². The van der Waals surface area contributed by atoms with E-state index in [0.717, 1.165) is 6.42 Å². The smallest absolute Gasteiger partial charge is 0.377 e. The number of alkyl halides is 2. The molecule has 10 nitrogen and oxygen atoms in total. The van der Waals surface area contributed by atoms with Gasteiger partial charge in [0.05, 0.1) is 28.0 Å². The summed E-state index contributed by atoms with van der Waals surface area (Å²) >= 11 is 0. The fourth-order valence-electron chi connectivity index (χ4n) is 11.3. The highest BCUT2D eigenvalue weighted by Crippen LogP contribution is 2.62. The van der Waals surface area contributed by atoms with E-state index in [-0.39, 0.29) is 66.4 Å². The summed E-state index contributed by atoms with van der Waals surface area (Å²) in [6, 6.07) is 32.2. The summed E-state index contributed by atoms with van der Waals surface area (Å²) in [7, 11) is 31.8. The van der Waals surface area contributed by atoms with Crippen molar-refractivity contribution in [3.8, 4) is 0 Å². The van der Waals surface area contributed by atoms with Crippen LogP contribution < -0.4 is 0 Å². The normalized spacial score (nSPS) is 29.3. The molecule has 10 rings (SSSR count). The molecule has 0 amide bonds. The van der Waals surface area contributed by atoms with E-state index >= 15 is 0 Å². The monoisotopic (exact) mass is 901 g/mol. The van der Waals surface area contributed by atoms with Crippen molar-refractivity contribution >= 4 is 107 Å². The Hall–Kier alpha value is -3.68. The Morgan fingerprint density at radius 3 is 1.76 bits per heavy atom. The molecule has 1 N–H and O–H groups in total. The van der Waals surface area contributed by atoms with Gasteiger partial charge in [-0.1, -0.05) is 54.6 Å². The molecule has 326 valence electrons. The summed E-state index contributed by atoms with van der Waals surface area (Å²) in [5.41, 5.74) is -3.22. The number of ether oxygens (including phenoxy) is 5. The molecule has 66 heavy (non-hydrogen) atoms. The molecule has 1 saturated heterocycles. The summed E-state index contributed by atoms with van der Waals surface area (Å²) in [6.45, 7) is -0.965. The molecular formula is C43H45B10F2O10S+. The predicted molar refractivity (Wildman–Crippen MR) is 254 cm³/mol. The maximum Gasteiger partial charge on any atom is 0.377 e. The summed E-state index contributed by atoms with van der Waals surface area (Å²) in [5, 5.41) is 11.2. The Morgan fingerprint density at radius 2 is 1.27 bits per heavy atom. The van der Waals surface area contributed by atoms with Crippen molar-refractivity contribution in [1.29, 1.82) is 0 Å². The van der Waals surface area contributed by atoms with Crippen LogP contribution in [0.1, 0.15) is 58.3 Å². The van der Waals surface area contributed by atoms with E-state index in [4.69, 9.17) is 65.4 Å². The van der Waals surface area contributed by atoms with E-state index < -0.39 is 85.0 Å². The second-order valence-electron chi connectivity index (χ2n) is 18.7. The van der Waals surface area contributed by atoms with Gasteiger partial charge in [0.1, 0.15) is 24.4 Å². The van der Waals surface area contributed by atoms with Gasteiger partial charge in [-0.15, -0.1) is 0 Å². The van der Waals surface area contributed by atoms with E-state index in [1.54, 1.807) is 0 Å². The van der Waals surface area contributed by atoms with E-state index in [9.17, 15) is 33.1 Å². The largest absolute Gasteiger partial charge is 0.458 e. The summed E-state index contributed by atoms with van der Waals surface area (Å²) in [5.74, 6) is -7.27. The highest BCUT2D eigenvalue weighted by molar-refractivity contribution is 8.00. The van der Waals surface area contributed by atoms with Crippen LogP contribution in [0.5, 0.6) is 0 Å². The Kier molecular flexibility index (Phi) is 15.6. The van der Waals surface area contributed by atoms with Crippen LogP contribution in [0.25, 0.3) is 0 Å². The number of carbonyl (C=O) groups is 4. The van der Waals surface area contributed by atoms with Gasteiger partial charge in [0.25, 0.3) is 0 Å². The predicted octanol–water partition coefficient (Wildman–Crippen LogP) is 2.42. The van der Waals surface area contributed by atoms with Gasteiger partial charge in [-0.05, 0) is 74.4 Å². The van der Waals surface area contributed by atoms with Crippen LogP contribution in [0.15, 0.2) is 106 Å². The number of aliphatic hydroxyl groups is 1. The highest BCUT2D eigenvalue weighted by atomic mass is 32.2. The number of esters is 4. The van der Waals surface area contributed by atoms with Gasteiger partial charge < -0.3 is 28.8 Å². The van der Waals surface area contributed by atoms with Crippen molar-refractivity contribution in [3.63, 3.8) is 0 Å². The number of halogens is 2. The molecule has 6 saturated carbocycles. The molecule has 3 aromatic rings. The quantitative estimate of drug-likeness (QED) is 0.111. The summed E-state index contributed by atoms with van der Waals surface area (Å²) < 4.78 is 53.3. The maximum absolute atomic E-state index is 13.0. The van der Waals surface area contributed by atoms with Crippen LogP contribution >= 0.6 is 0 Å². The van der Waals surface area contributed by atoms with Gasteiger partial charge in [-0.2, -0.15) is 8.78 Å². The number of hydrogen-bond donors (Lipinski definition) is 1. The zero-order valence-corrected chi connectivity index (χ0v) is 37.6. The third kappa shape index (κ3) is 11.6. The van der Waals surface area contributed by atoms with Crippen molar-refractivity contribution in [3.05, 3.63) is 91.0 Å². The summed E-state index contributed by atoms with van der Waals surface area (Å²) in [4.78, 5) is 52.5. The molecule has 3 aromatic carbocycles. The fourth-order valence-corrected chi connectivity index (χ4v) is 13.4. The molecule has 9 atom stereocenters. The maximum atomic E-state index is 13.0. The SMILES string of the molecule is CC(F)(F)C(=O)OCC(=O)OC12CC3CC(O)(CC(OCC(=O)OC4C5CC6C(=O)OC4C6C5)(C3)C1)C2.[B]B([B])B(B([B])[B])B([B])[B].c1ccc([S+](c2ccccc2)c2ccccc2)cc1. The first-order valence-electron chi connectivity index (χ1n) is 22.2. The minimum absolute atomic E-state index is 0.0146. The molecule has 12 radical (unpaired) electrons. The molecule has 1 aliphatic heterocycles. The van der Waals surface area contributed by atoms with Crippen molar-refractivity contribution in [2.75, 3.05) is 13.2 Å². The van der Waals surface area contributed by atoms with E-state index in [0.29, 0.717) is 32.6 Å². The van der Waals surface area contributed by atoms with Crippen LogP contribution in [0.2, 0.25) is 0 Å². The first-order chi connectivity index (χ1) is 31.2. The minimum atomic E-state index is -3.73. The average Bonchev–Trinajstić information content (AvgIpc) is 3.88. The molecular weight excluding hydrogens is 855 g/mol. The Bertz CT molecular complexity index is 2070. The number of fused-ring (bicyclic) bond motifs is 1. The molecule has 7 fully saturated rings. The number of rotatable bonds is 14. The third-order valence-electron chi connectivity index (χ3n) is 13.4.